The molecule has 13 heavy (non-hydrogen) atoms. The fourth-order valence-corrected chi connectivity index (χ4v) is 4.70. The molecule has 0 atom stereocenters. The minimum absolute atomic E-state index is 0.145. The van der Waals surface area contributed by atoms with Crippen molar-refractivity contribution in [3.63, 3.8) is 0 Å². The van der Waals surface area contributed by atoms with Crippen LogP contribution >= 0.6 is 0 Å². The molecular weight excluding hydrogens is 176 g/mol. The molecule has 0 amide bonds. The van der Waals surface area contributed by atoms with Crippen LogP contribution in [-0.2, 0) is 4.43 Å². The van der Waals surface area contributed by atoms with E-state index in [0.717, 1.165) is 0 Å². The van der Waals surface area contributed by atoms with Crippen molar-refractivity contribution in [1.29, 1.82) is 0 Å². The lowest BCUT2D eigenvalue weighted by atomic mass is 10.1. The zero-order valence-electron chi connectivity index (χ0n) is 9.81. The van der Waals surface area contributed by atoms with Gasteiger partial charge in [0.1, 0.15) is 0 Å². The lowest BCUT2D eigenvalue weighted by molar-refractivity contribution is 0.147. The van der Waals surface area contributed by atoms with Gasteiger partial charge in [0.05, 0.1) is 5.60 Å². The maximum absolute atomic E-state index is 6.24. The number of rotatable bonds is 6. The van der Waals surface area contributed by atoms with Gasteiger partial charge in [-0.15, -0.1) is 6.58 Å². The summed E-state index contributed by atoms with van der Waals surface area (Å²) in [5.41, 5.74) is -0.145. The molecule has 0 spiro atoms. The third-order valence-corrected chi connectivity index (χ3v) is 7.73. The molecule has 1 nitrogen and oxygen atoms in total. The quantitative estimate of drug-likeness (QED) is 0.465. The highest BCUT2D eigenvalue weighted by Gasteiger charge is 2.33. The Kier molecular flexibility index (Phi) is 4.93. The molecule has 0 aliphatic carbocycles. The molecule has 0 saturated heterocycles. The van der Waals surface area contributed by atoms with E-state index in [4.69, 9.17) is 4.43 Å². The van der Waals surface area contributed by atoms with E-state index >= 15 is 0 Å². The standard InChI is InChI=1S/C11H24OSi/c1-7-11(5,6)12-13(8-2,9-3)10-4/h7H,1,8-10H2,2-6H3. The van der Waals surface area contributed by atoms with Crippen molar-refractivity contribution in [2.75, 3.05) is 0 Å². The highest BCUT2D eigenvalue weighted by Crippen LogP contribution is 2.27. The topological polar surface area (TPSA) is 9.23 Å². The summed E-state index contributed by atoms with van der Waals surface area (Å²) < 4.78 is 6.24. The maximum Gasteiger partial charge on any atom is 0.193 e. The molecule has 78 valence electrons. The highest BCUT2D eigenvalue weighted by atomic mass is 28.4. The van der Waals surface area contributed by atoms with Gasteiger partial charge in [0.15, 0.2) is 8.32 Å². The van der Waals surface area contributed by atoms with Gasteiger partial charge in [0, 0.05) is 0 Å². The fraction of sp³-hybridized carbons (Fsp3) is 0.818. The Morgan fingerprint density at radius 1 is 1.15 bits per heavy atom. The molecule has 0 aromatic heterocycles. The van der Waals surface area contributed by atoms with Gasteiger partial charge in [-0.25, -0.2) is 0 Å². The first-order valence-electron chi connectivity index (χ1n) is 5.29. The lowest BCUT2D eigenvalue weighted by Gasteiger charge is -2.36. The average Bonchev–Trinajstić information content (AvgIpc) is 2.14. The van der Waals surface area contributed by atoms with Crippen molar-refractivity contribution in [1.82, 2.24) is 0 Å². The van der Waals surface area contributed by atoms with Gasteiger partial charge in [0.25, 0.3) is 0 Å². The maximum atomic E-state index is 6.24. The molecule has 0 rings (SSSR count). The summed E-state index contributed by atoms with van der Waals surface area (Å²) in [5.74, 6) is 0. The van der Waals surface area contributed by atoms with Crippen molar-refractivity contribution in [3.8, 4) is 0 Å². The van der Waals surface area contributed by atoms with Crippen LogP contribution in [0, 0.1) is 0 Å². The molecule has 0 aromatic rings. The molecule has 0 fully saturated rings. The Morgan fingerprint density at radius 2 is 1.54 bits per heavy atom. The van der Waals surface area contributed by atoms with Crippen LogP contribution < -0.4 is 0 Å². The second kappa shape index (κ2) is 4.96. The van der Waals surface area contributed by atoms with Gasteiger partial charge in [-0.05, 0) is 32.0 Å². The second-order valence-corrected chi connectivity index (χ2v) is 8.84. The van der Waals surface area contributed by atoms with Crippen LogP contribution in [0.3, 0.4) is 0 Å². The van der Waals surface area contributed by atoms with Gasteiger partial charge < -0.3 is 4.43 Å². The molecule has 2 heteroatoms. The van der Waals surface area contributed by atoms with Crippen LogP contribution in [0.4, 0.5) is 0 Å². The van der Waals surface area contributed by atoms with E-state index < -0.39 is 8.32 Å². The van der Waals surface area contributed by atoms with Gasteiger partial charge in [-0.1, -0.05) is 26.8 Å². The summed E-state index contributed by atoms with van der Waals surface area (Å²) in [6.07, 6.45) is 1.91. The minimum atomic E-state index is -1.45. The van der Waals surface area contributed by atoms with Gasteiger partial charge in [-0.3, -0.25) is 0 Å². The second-order valence-electron chi connectivity index (χ2n) is 4.15. The molecule has 0 N–H and O–H groups in total. The largest absolute Gasteiger partial charge is 0.409 e. The first-order valence-corrected chi connectivity index (χ1v) is 7.82. The normalized spacial score (nSPS) is 13.0. The first-order chi connectivity index (χ1) is 5.95. The lowest BCUT2D eigenvalue weighted by Crippen LogP contribution is -2.43. The average molecular weight is 200 g/mol. The Bertz CT molecular complexity index is 151. The van der Waals surface area contributed by atoms with E-state index in [2.05, 4.69) is 41.2 Å². The Morgan fingerprint density at radius 3 is 1.77 bits per heavy atom. The molecule has 0 unspecified atom stereocenters. The van der Waals surface area contributed by atoms with Crippen molar-refractivity contribution < 1.29 is 4.43 Å². The van der Waals surface area contributed by atoms with Gasteiger partial charge in [-0.2, -0.15) is 0 Å². The summed E-state index contributed by atoms with van der Waals surface area (Å²) >= 11 is 0. The monoisotopic (exact) mass is 200 g/mol. The highest BCUT2D eigenvalue weighted by molar-refractivity contribution is 6.73. The van der Waals surface area contributed by atoms with E-state index in [-0.39, 0.29) is 5.60 Å². The minimum Gasteiger partial charge on any atom is -0.409 e. The molecule has 0 bridgehead atoms. The number of hydrogen-bond acceptors (Lipinski definition) is 1. The first kappa shape index (κ1) is 12.9. The molecular formula is C11H24OSi. The van der Waals surface area contributed by atoms with Gasteiger partial charge >= 0.3 is 0 Å². The molecule has 0 heterocycles. The van der Waals surface area contributed by atoms with E-state index in [9.17, 15) is 0 Å². The van der Waals surface area contributed by atoms with Crippen molar-refractivity contribution in [2.45, 2.75) is 58.4 Å². The van der Waals surface area contributed by atoms with Crippen molar-refractivity contribution in [3.05, 3.63) is 12.7 Å². The van der Waals surface area contributed by atoms with Crippen LogP contribution in [-0.4, -0.2) is 13.9 Å². The van der Waals surface area contributed by atoms with E-state index in [1.807, 2.05) is 6.08 Å². The zero-order chi connectivity index (χ0) is 10.5. The van der Waals surface area contributed by atoms with E-state index in [1.165, 1.54) is 18.1 Å². The van der Waals surface area contributed by atoms with Crippen molar-refractivity contribution in [2.24, 2.45) is 0 Å². The Hall–Kier alpha value is -0.0831. The third-order valence-electron chi connectivity index (χ3n) is 2.90. The van der Waals surface area contributed by atoms with E-state index in [0.29, 0.717) is 0 Å². The predicted octanol–water partition coefficient (Wildman–Crippen LogP) is 3.97. The van der Waals surface area contributed by atoms with E-state index in [1.54, 1.807) is 0 Å². The van der Waals surface area contributed by atoms with Crippen LogP contribution in [0.15, 0.2) is 12.7 Å². The zero-order valence-corrected chi connectivity index (χ0v) is 10.8. The summed E-state index contributed by atoms with van der Waals surface area (Å²) in [6.45, 7) is 14.8. The summed E-state index contributed by atoms with van der Waals surface area (Å²) in [7, 11) is -1.45. The Balaban J connectivity index is 4.50. The summed E-state index contributed by atoms with van der Waals surface area (Å²) in [4.78, 5) is 0. The smallest absolute Gasteiger partial charge is 0.193 e. The van der Waals surface area contributed by atoms with Crippen molar-refractivity contribution >= 4 is 8.32 Å². The predicted molar refractivity (Wildman–Crippen MR) is 62.6 cm³/mol. The molecule has 0 saturated carbocycles. The molecule has 0 aliphatic heterocycles. The molecule has 0 aromatic carbocycles. The van der Waals surface area contributed by atoms with Crippen LogP contribution in [0.25, 0.3) is 0 Å². The fourth-order valence-electron chi connectivity index (χ4n) is 1.57. The van der Waals surface area contributed by atoms with Crippen LogP contribution in [0.5, 0.6) is 0 Å². The Labute approximate surface area is 84.3 Å². The summed E-state index contributed by atoms with van der Waals surface area (Å²) in [6, 6.07) is 3.62. The van der Waals surface area contributed by atoms with Crippen LogP contribution in [0.1, 0.15) is 34.6 Å². The number of hydrogen-bond donors (Lipinski definition) is 0. The summed E-state index contributed by atoms with van der Waals surface area (Å²) in [5, 5.41) is 0. The SMILES string of the molecule is C=CC(C)(C)O[Si](CC)(CC)CC. The van der Waals surface area contributed by atoms with Crippen LogP contribution in [0.2, 0.25) is 18.1 Å². The third kappa shape index (κ3) is 3.65. The molecule has 0 radical (unpaired) electrons. The van der Waals surface area contributed by atoms with Gasteiger partial charge in [0.2, 0.25) is 0 Å². The molecule has 0 aliphatic rings.